The number of anilines is 1. The highest BCUT2D eigenvalue weighted by Crippen LogP contribution is 2.13. The van der Waals surface area contributed by atoms with Crippen LogP contribution in [0.4, 0.5) is 10.1 Å². The molecule has 0 saturated carbocycles. The number of hydrogen-bond acceptors (Lipinski definition) is 4. The number of aryl methyl sites for hydroxylation is 1. The van der Waals surface area contributed by atoms with Crippen molar-refractivity contribution in [3.05, 3.63) is 29.6 Å². The van der Waals surface area contributed by atoms with Gasteiger partial charge in [-0.1, -0.05) is 6.07 Å². The second-order valence-corrected chi connectivity index (χ2v) is 5.48. The number of carbonyl (C=O) groups excluding carboxylic acids is 2. The molecule has 1 aromatic rings. The van der Waals surface area contributed by atoms with E-state index >= 15 is 0 Å². The van der Waals surface area contributed by atoms with E-state index in [4.69, 9.17) is 5.11 Å². The summed E-state index contributed by atoms with van der Waals surface area (Å²) < 4.78 is 13.5. The van der Waals surface area contributed by atoms with Crippen LogP contribution in [0.2, 0.25) is 0 Å². The average Bonchev–Trinajstić information content (AvgIpc) is 2.48. The molecule has 0 spiro atoms. The number of amides is 2. The molecule has 0 bridgehead atoms. The Hall–Kier alpha value is -2.48. The molecule has 1 rings (SSSR count). The molecule has 0 aromatic heterocycles. The maximum atomic E-state index is 13.5. The van der Waals surface area contributed by atoms with Crippen molar-refractivity contribution in [2.24, 2.45) is 0 Å². The molecule has 132 valence electrons. The van der Waals surface area contributed by atoms with Crippen LogP contribution in [-0.4, -0.2) is 53.5 Å². The lowest BCUT2D eigenvalue weighted by Gasteiger charge is -2.25. The van der Waals surface area contributed by atoms with Crippen molar-refractivity contribution in [3.8, 4) is 0 Å². The van der Waals surface area contributed by atoms with Crippen molar-refractivity contribution in [2.75, 3.05) is 25.0 Å². The van der Waals surface area contributed by atoms with Crippen molar-refractivity contribution in [2.45, 2.75) is 26.8 Å². The summed E-state index contributed by atoms with van der Waals surface area (Å²) in [5.74, 6) is -2.21. The van der Waals surface area contributed by atoms with E-state index in [1.807, 2.05) is 0 Å². The molecule has 0 aliphatic rings. The molecule has 24 heavy (non-hydrogen) atoms. The first-order valence-corrected chi connectivity index (χ1v) is 7.48. The molecule has 0 heterocycles. The number of aliphatic carboxylic acids is 1. The number of carboxylic acid groups (broad SMARTS) is 1. The Morgan fingerprint density at radius 3 is 2.54 bits per heavy atom. The van der Waals surface area contributed by atoms with E-state index in [1.54, 1.807) is 19.1 Å². The van der Waals surface area contributed by atoms with Gasteiger partial charge < -0.3 is 15.7 Å². The molecule has 1 atom stereocenters. The molecule has 0 aliphatic carbocycles. The number of halogens is 1. The Labute approximate surface area is 139 Å². The summed E-state index contributed by atoms with van der Waals surface area (Å²) >= 11 is 0. The number of hydrogen-bond donors (Lipinski definition) is 3. The molecular weight excluding hydrogens is 317 g/mol. The summed E-state index contributed by atoms with van der Waals surface area (Å²) in [6.45, 7) is 4.64. The van der Waals surface area contributed by atoms with Gasteiger partial charge in [0.1, 0.15) is 11.9 Å². The monoisotopic (exact) mass is 339 g/mol. The van der Waals surface area contributed by atoms with Gasteiger partial charge in [0.05, 0.1) is 6.54 Å². The highest BCUT2D eigenvalue weighted by atomic mass is 19.1. The Kier molecular flexibility index (Phi) is 7.31. The van der Waals surface area contributed by atoms with Gasteiger partial charge in [0.25, 0.3) is 0 Å². The lowest BCUT2D eigenvalue weighted by molar-refractivity contribution is -0.142. The lowest BCUT2D eigenvalue weighted by Crippen LogP contribution is -2.46. The molecule has 0 radical (unpaired) electrons. The van der Waals surface area contributed by atoms with Gasteiger partial charge in [-0.2, -0.15) is 0 Å². The number of nitrogens with one attached hydrogen (secondary N) is 2. The largest absolute Gasteiger partial charge is 0.480 e. The molecule has 7 nitrogen and oxygen atoms in total. The minimum absolute atomic E-state index is 0.192. The average molecular weight is 339 g/mol. The van der Waals surface area contributed by atoms with Gasteiger partial charge in [-0.15, -0.1) is 0 Å². The molecule has 3 N–H and O–H groups in total. The Bertz CT molecular complexity index is 621. The zero-order valence-corrected chi connectivity index (χ0v) is 13.9. The lowest BCUT2D eigenvalue weighted by atomic mass is 10.2. The number of nitrogens with zero attached hydrogens (tertiary/aromatic N) is 1. The second kappa shape index (κ2) is 8.97. The second-order valence-electron chi connectivity index (χ2n) is 5.48. The Balaban J connectivity index is 2.69. The van der Waals surface area contributed by atoms with Gasteiger partial charge in [0.15, 0.2) is 0 Å². The van der Waals surface area contributed by atoms with Crippen LogP contribution in [0.5, 0.6) is 0 Å². The third kappa shape index (κ3) is 6.33. The molecule has 0 saturated heterocycles. The molecule has 0 fully saturated rings. The van der Waals surface area contributed by atoms with E-state index in [0.717, 1.165) is 0 Å². The topological polar surface area (TPSA) is 98.7 Å². The minimum Gasteiger partial charge on any atom is -0.480 e. The Morgan fingerprint density at radius 1 is 1.33 bits per heavy atom. The summed E-state index contributed by atoms with van der Waals surface area (Å²) in [5.41, 5.74) is 0.761. The van der Waals surface area contributed by atoms with E-state index in [2.05, 4.69) is 10.6 Å². The fourth-order valence-electron chi connectivity index (χ4n) is 2.00. The summed E-state index contributed by atoms with van der Waals surface area (Å²) in [4.78, 5) is 35.5. The third-order valence-electron chi connectivity index (χ3n) is 3.48. The summed E-state index contributed by atoms with van der Waals surface area (Å²) in [5, 5.41) is 14.2. The molecule has 1 aromatic carbocycles. The fraction of sp³-hybridized carbons (Fsp3) is 0.438. The van der Waals surface area contributed by atoms with E-state index in [9.17, 15) is 18.8 Å². The summed E-state index contributed by atoms with van der Waals surface area (Å²) in [6, 6.07) is 3.41. The number of benzene rings is 1. The molecule has 1 unspecified atom stereocenters. The predicted molar refractivity (Wildman–Crippen MR) is 87.1 cm³/mol. The molecule has 8 heteroatoms. The van der Waals surface area contributed by atoms with Crippen LogP contribution in [0.15, 0.2) is 18.2 Å². The fourth-order valence-corrected chi connectivity index (χ4v) is 2.00. The molecular formula is C16H22FN3O4. The summed E-state index contributed by atoms with van der Waals surface area (Å²) in [7, 11) is 0. The van der Waals surface area contributed by atoms with Crippen LogP contribution in [0, 0.1) is 12.7 Å². The predicted octanol–water partition coefficient (Wildman–Crippen LogP) is 0.984. The quantitative estimate of drug-likeness (QED) is 0.656. The highest BCUT2D eigenvalue weighted by molar-refractivity contribution is 5.92. The van der Waals surface area contributed by atoms with Crippen LogP contribution < -0.4 is 10.6 Å². The normalized spacial score (nSPS) is 11.9. The van der Waals surface area contributed by atoms with Gasteiger partial charge >= 0.3 is 5.97 Å². The van der Waals surface area contributed by atoms with Gasteiger partial charge in [-0.05, 0) is 31.5 Å². The highest BCUT2D eigenvalue weighted by Gasteiger charge is 2.22. The van der Waals surface area contributed by atoms with E-state index in [0.29, 0.717) is 11.3 Å². The van der Waals surface area contributed by atoms with Gasteiger partial charge in [-0.3, -0.25) is 19.3 Å². The molecule has 2 amide bonds. The maximum Gasteiger partial charge on any atom is 0.320 e. The van der Waals surface area contributed by atoms with Crippen molar-refractivity contribution in [1.29, 1.82) is 0 Å². The van der Waals surface area contributed by atoms with Crippen molar-refractivity contribution >= 4 is 23.5 Å². The van der Waals surface area contributed by atoms with Gasteiger partial charge in [0.2, 0.25) is 11.8 Å². The van der Waals surface area contributed by atoms with Crippen LogP contribution in [0.3, 0.4) is 0 Å². The van der Waals surface area contributed by atoms with E-state index < -0.39 is 23.7 Å². The Morgan fingerprint density at radius 2 is 2.00 bits per heavy atom. The first kappa shape index (κ1) is 19.6. The molecule has 0 aliphatic heterocycles. The van der Waals surface area contributed by atoms with Gasteiger partial charge in [-0.25, -0.2) is 4.39 Å². The SMILES string of the molecule is CC(=O)NCCN(CC(=O)Nc1ccc(C)c(F)c1)C(C)C(=O)O. The van der Waals surface area contributed by atoms with E-state index in [1.165, 1.54) is 24.8 Å². The van der Waals surface area contributed by atoms with Crippen molar-refractivity contribution in [1.82, 2.24) is 10.2 Å². The third-order valence-corrected chi connectivity index (χ3v) is 3.48. The zero-order chi connectivity index (χ0) is 18.3. The standard InChI is InChI=1S/C16H22FN3O4/c1-10-4-5-13(8-14(10)17)19-15(22)9-20(11(2)16(23)24)7-6-18-12(3)21/h4-5,8,11H,6-7,9H2,1-3H3,(H,18,21)(H,19,22)(H,23,24). The van der Waals surface area contributed by atoms with Crippen LogP contribution in [0.25, 0.3) is 0 Å². The minimum atomic E-state index is -1.08. The number of rotatable bonds is 8. The van der Waals surface area contributed by atoms with Crippen molar-refractivity contribution in [3.63, 3.8) is 0 Å². The smallest absolute Gasteiger partial charge is 0.320 e. The van der Waals surface area contributed by atoms with Gasteiger partial charge in [0, 0.05) is 25.7 Å². The van der Waals surface area contributed by atoms with Crippen molar-refractivity contribution < 1.29 is 23.9 Å². The van der Waals surface area contributed by atoms with E-state index in [-0.39, 0.29) is 25.5 Å². The number of carboxylic acids is 1. The number of carbonyl (C=O) groups is 3. The van der Waals surface area contributed by atoms with Crippen LogP contribution in [-0.2, 0) is 14.4 Å². The zero-order valence-electron chi connectivity index (χ0n) is 13.9. The van der Waals surface area contributed by atoms with Crippen LogP contribution in [0.1, 0.15) is 19.4 Å². The summed E-state index contributed by atoms with van der Waals surface area (Å²) in [6.07, 6.45) is 0. The first-order valence-electron chi connectivity index (χ1n) is 7.48. The maximum absolute atomic E-state index is 13.5. The first-order chi connectivity index (χ1) is 11.2. The van der Waals surface area contributed by atoms with Crippen LogP contribution >= 0.6 is 0 Å².